The van der Waals surface area contributed by atoms with Crippen molar-refractivity contribution in [2.24, 2.45) is 0 Å². The summed E-state index contributed by atoms with van der Waals surface area (Å²) in [4.78, 5) is 25.3. The molecular formula is C18H21N5O2. The van der Waals surface area contributed by atoms with E-state index in [0.717, 1.165) is 5.56 Å². The Morgan fingerprint density at radius 3 is 2.28 bits per heavy atom. The molecular weight excluding hydrogens is 318 g/mol. The highest BCUT2D eigenvalue weighted by molar-refractivity contribution is 6.10. The molecule has 2 aromatic rings. The van der Waals surface area contributed by atoms with E-state index in [1.807, 2.05) is 30.3 Å². The number of para-hydroxylation sites is 1. The second-order valence-corrected chi connectivity index (χ2v) is 5.67. The number of rotatable bonds is 5. The van der Waals surface area contributed by atoms with Crippen LogP contribution in [0.2, 0.25) is 0 Å². The fourth-order valence-electron chi connectivity index (χ4n) is 3.12. The summed E-state index contributed by atoms with van der Waals surface area (Å²) in [6, 6.07) is 14.4. The Kier molecular flexibility index (Phi) is 4.54. The van der Waals surface area contributed by atoms with Crippen LogP contribution in [0.15, 0.2) is 48.5 Å². The molecule has 0 saturated carbocycles. The molecule has 0 unspecified atom stereocenters. The predicted octanol–water partition coefficient (Wildman–Crippen LogP) is 1.01. The lowest BCUT2D eigenvalue weighted by molar-refractivity contribution is -0.125. The first-order valence-electron chi connectivity index (χ1n) is 7.98. The Hall–Kier alpha value is -2.74. The van der Waals surface area contributed by atoms with E-state index < -0.39 is 5.66 Å². The van der Waals surface area contributed by atoms with Gasteiger partial charge < -0.3 is 5.32 Å². The highest BCUT2D eigenvalue weighted by Gasteiger charge is 2.49. The lowest BCUT2D eigenvalue weighted by atomic mass is 9.99. The number of fused-ring (bicyclic) bond motifs is 1. The van der Waals surface area contributed by atoms with Crippen LogP contribution in [0.1, 0.15) is 15.9 Å². The first-order valence-corrected chi connectivity index (χ1v) is 7.98. The van der Waals surface area contributed by atoms with Gasteiger partial charge in [0, 0.05) is 23.9 Å². The van der Waals surface area contributed by atoms with Gasteiger partial charge in [-0.3, -0.25) is 20.2 Å². The van der Waals surface area contributed by atoms with E-state index >= 15 is 0 Å². The van der Waals surface area contributed by atoms with Crippen LogP contribution in [-0.2, 0) is 10.5 Å². The van der Waals surface area contributed by atoms with E-state index in [2.05, 4.69) is 21.4 Å². The van der Waals surface area contributed by atoms with Gasteiger partial charge in [-0.2, -0.15) is 0 Å². The van der Waals surface area contributed by atoms with Crippen molar-refractivity contribution in [3.8, 4) is 0 Å². The number of nitrogens with zero attached hydrogens (tertiary/aromatic N) is 1. The van der Waals surface area contributed by atoms with E-state index in [1.165, 1.54) is 5.01 Å². The minimum absolute atomic E-state index is 0.185. The number of carbonyl (C=O) groups is 2. The Bertz CT molecular complexity index is 802. The zero-order valence-corrected chi connectivity index (χ0v) is 14.4. The van der Waals surface area contributed by atoms with Crippen molar-refractivity contribution < 1.29 is 9.59 Å². The van der Waals surface area contributed by atoms with Crippen LogP contribution < -0.4 is 26.4 Å². The Morgan fingerprint density at radius 1 is 1.00 bits per heavy atom. The second kappa shape index (κ2) is 6.64. The minimum Gasteiger partial charge on any atom is -0.322 e. The molecule has 0 saturated heterocycles. The Morgan fingerprint density at radius 2 is 1.68 bits per heavy atom. The van der Waals surface area contributed by atoms with E-state index in [0.29, 0.717) is 16.9 Å². The Labute approximate surface area is 146 Å². The van der Waals surface area contributed by atoms with Crippen molar-refractivity contribution in [1.82, 2.24) is 16.1 Å². The predicted molar refractivity (Wildman–Crippen MR) is 97.2 cm³/mol. The summed E-state index contributed by atoms with van der Waals surface area (Å²) < 4.78 is 0. The van der Waals surface area contributed by atoms with Crippen molar-refractivity contribution in [3.05, 3.63) is 59.7 Å². The van der Waals surface area contributed by atoms with Crippen LogP contribution in [0.25, 0.3) is 0 Å². The van der Waals surface area contributed by atoms with E-state index in [9.17, 15) is 9.59 Å². The lowest BCUT2D eigenvalue weighted by Gasteiger charge is -2.27. The average Bonchev–Trinajstić information content (AvgIpc) is 2.89. The van der Waals surface area contributed by atoms with Crippen LogP contribution in [0.4, 0.5) is 11.4 Å². The monoisotopic (exact) mass is 339 g/mol. The van der Waals surface area contributed by atoms with Crippen LogP contribution >= 0.6 is 0 Å². The normalized spacial score (nSPS) is 15.2. The summed E-state index contributed by atoms with van der Waals surface area (Å²) in [5.41, 5.74) is 4.44. The molecule has 1 aliphatic rings. The largest absolute Gasteiger partial charge is 0.322 e. The number of hydrazine groups is 1. The molecule has 130 valence electrons. The first kappa shape index (κ1) is 17.1. The fraction of sp³-hybridized carbons (Fsp3) is 0.222. The van der Waals surface area contributed by atoms with Crippen molar-refractivity contribution in [1.29, 1.82) is 0 Å². The zero-order chi connectivity index (χ0) is 18.0. The fourth-order valence-corrected chi connectivity index (χ4v) is 3.12. The second-order valence-electron chi connectivity index (χ2n) is 5.67. The maximum absolute atomic E-state index is 12.8. The summed E-state index contributed by atoms with van der Waals surface area (Å²) in [5.74, 6) is -0.417. The highest BCUT2D eigenvalue weighted by atomic mass is 16.2. The molecule has 3 rings (SSSR count). The Balaban J connectivity index is 1.98. The van der Waals surface area contributed by atoms with Gasteiger partial charge in [-0.1, -0.05) is 24.3 Å². The van der Waals surface area contributed by atoms with Crippen molar-refractivity contribution in [2.45, 2.75) is 5.66 Å². The summed E-state index contributed by atoms with van der Waals surface area (Å²) in [6.45, 7) is 0. The molecule has 25 heavy (non-hydrogen) atoms. The number of anilines is 2. The molecule has 0 aliphatic carbocycles. The van der Waals surface area contributed by atoms with Crippen molar-refractivity contribution in [3.63, 3.8) is 0 Å². The molecule has 0 bridgehead atoms. The first-order chi connectivity index (χ1) is 12.1. The van der Waals surface area contributed by atoms with Crippen LogP contribution in [0.5, 0.6) is 0 Å². The quantitative estimate of drug-likeness (QED) is 0.611. The summed E-state index contributed by atoms with van der Waals surface area (Å²) in [5, 5.41) is 10.4. The van der Waals surface area contributed by atoms with E-state index in [1.54, 1.807) is 39.3 Å². The van der Waals surface area contributed by atoms with E-state index in [-0.39, 0.29) is 11.8 Å². The molecule has 4 N–H and O–H groups in total. The van der Waals surface area contributed by atoms with Gasteiger partial charge in [-0.25, -0.2) is 10.4 Å². The summed E-state index contributed by atoms with van der Waals surface area (Å²) in [7, 11) is 5.10. The van der Waals surface area contributed by atoms with Crippen molar-refractivity contribution in [2.75, 3.05) is 31.5 Å². The van der Waals surface area contributed by atoms with Gasteiger partial charge in [0.25, 0.3) is 11.8 Å². The number of benzene rings is 2. The number of nitrogens with one attached hydrogen (secondary N) is 4. The third-order valence-electron chi connectivity index (χ3n) is 4.43. The van der Waals surface area contributed by atoms with Crippen LogP contribution in [0.3, 0.4) is 0 Å². The zero-order valence-electron chi connectivity index (χ0n) is 14.4. The van der Waals surface area contributed by atoms with Gasteiger partial charge in [0.05, 0.1) is 5.69 Å². The summed E-state index contributed by atoms with van der Waals surface area (Å²) >= 11 is 0. The third kappa shape index (κ3) is 2.68. The maximum atomic E-state index is 12.8. The van der Waals surface area contributed by atoms with Crippen LogP contribution in [0, 0.1) is 0 Å². The van der Waals surface area contributed by atoms with Crippen LogP contribution in [-0.4, -0.2) is 33.0 Å². The SMILES string of the molecule is CNN1C(=O)C(NC)(NC)c2ccc(C(=O)Nc3ccccc3)cc21. The van der Waals surface area contributed by atoms with Gasteiger partial charge in [0.15, 0.2) is 5.66 Å². The van der Waals surface area contributed by atoms with Gasteiger partial charge in [-0.05, 0) is 38.4 Å². The van der Waals surface area contributed by atoms with Gasteiger partial charge in [0.2, 0.25) is 0 Å². The smallest absolute Gasteiger partial charge is 0.281 e. The topological polar surface area (TPSA) is 85.5 Å². The molecule has 1 heterocycles. The number of carbonyl (C=O) groups excluding carboxylic acids is 2. The standard InChI is InChI=1S/C18H21N5O2/c1-19-18(20-2)14-10-9-12(11-15(14)23(21-3)17(18)25)16(24)22-13-7-5-4-6-8-13/h4-11,19-21H,1-3H3,(H,22,24). The van der Waals surface area contributed by atoms with Crippen molar-refractivity contribution >= 4 is 23.2 Å². The minimum atomic E-state index is -1.02. The molecule has 0 aromatic heterocycles. The highest BCUT2D eigenvalue weighted by Crippen LogP contribution is 2.38. The average molecular weight is 339 g/mol. The number of hydrogen-bond acceptors (Lipinski definition) is 5. The van der Waals surface area contributed by atoms with Gasteiger partial charge >= 0.3 is 0 Å². The molecule has 2 aromatic carbocycles. The number of amides is 2. The number of likely N-dealkylation sites (N-methyl/N-ethyl adjacent to an activating group) is 2. The van der Waals surface area contributed by atoms with Gasteiger partial charge in [0.1, 0.15) is 0 Å². The van der Waals surface area contributed by atoms with E-state index in [4.69, 9.17) is 0 Å². The summed E-state index contributed by atoms with van der Waals surface area (Å²) in [6.07, 6.45) is 0. The molecule has 0 radical (unpaired) electrons. The molecule has 1 aliphatic heterocycles. The molecule has 7 heteroatoms. The third-order valence-corrected chi connectivity index (χ3v) is 4.43. The van der Waals surface area contributed by atoms with Gasteiger partial charge in [-0.15, -0.1) is 0 Å². The number of hydrogen-bond donors (Lipinski definition) is 4. The molecule has 0 spiro atoms. The maximum Gasteiger partial charge on any atom is 0.281 e. The molecule has 0 atom stereocenters. The molecule has 2 amide bonds. The molecule has 7 nitrogen and oxygen atoms in total. The molecule has 0 fully saturated rings. The lowest BCUT2D eigenvalue weighted by Crippen LogP contribution is -2.59.